The molecule has 1 amide bonds. The van der Waals surface area contributed by atoms with Crippen molar-refractivity contribution >= 4 is 45.2 Å². The van der Waals surface area contributed by atoms with Crippen LogP contribution in [0.5, 0.6) is 5.75 Å². The number of rotatable bonds is 1. The number of carbonyl (C=O) groups is 1. The van der Waals surface area contributed by atoms with Gasteiger partial charge in [0.05, 0.1) is 35.2 Å². The number of ether oxygens (including phenoxy) is 2. The van der Waals surface area contributed by atoms with Gasteiger partial charge in [-0.25, -0.2) is 4.79 Å². The van der Waals surface area contributed by atoms with Crippen molar-refractivity contribution in [3.63, 3.8) is 0 Å². The molecule has 0 saturated carbocycles. The SMILES string of the molecule is Cc1ccc2[nH]ncc2c1-c1cc2ncc3c(c2cc1Cl)N1CCN(C(=O)OC(C)(C)C)C[C@H]1CO3. The molecule has 6 rings (SSSR count). The summed E-state index contributed by atoms with van der Waals surface area (Å²) >= 11 is 6.93. The highest BCUT2D eigenvalue weighted by Crippen LogP contribution is 2.44. The second-order valence-electron chi connectivity index (χ2n) is 10.5. The Kier molecular flexibility index (Phi) is 5.26. The van der Waals surface area contributed by atoms with Crippen LogP contribution in [0, 0.1) is 6.92 Å². The Labute approximate surface area is 214 Å². The highest BCUT2D eigenvalue weighted by Gasteiger charge is 2.37. The fourth-order valence-corrected chi connectivity index (χ4v) is 5.49. The molecule has 2 aromatic heterocycles. The summed E-state index contributed by atoms with van der Waals surface area (Å²) in [5.41, 5.74) is 5.34. The number of carbonyl (C=O) groups excluding carboxylic acids is 1. The van der Waals surface area contributed by atoms with Crippen molar-refractivity contribution in [3.05, 3.63) is 47.2 Å². The number of nitrogens with zero attached hydrogens (tertiary/aromatic N) is 4. The van der Waals surface area contributed by atoms with E-state index in [1.165, 1.54) is 0 Å². The first kappa shape index (κ1) is 22.9. The van der Waals surface area contributed by atoms with Crippen molar-refractivity contribution in [3.8, 4) is 16.9 Å². The van der Waals surface area contributed by atoms with E-state index in [-0.39, 0.29) is 12.1 Å². The number of amides is 1. The molecule has 0 spiro atoms. The number of nitrogens with one attached hydrogen (secondary N) is 1. The van der Waals surface area contributed by atoms with Crippen LogP contribution in [0.2, 0.25) is 5.02 Å². The maximum Gasteiger partial charge on any atom is 0.410 e. The van der Waals surface area contributed by atoms with Crippen LogP contribution in [-0.4, -0.2) is 64.1 Å². The molecule has 186 valence electrons. The van der Waals surface area contributed by atoms with Gasteiger partial charge in [-0.1, -0.05) is 17.7 Å². The molecule has 9 heteroatoms. The van der Waals surface area contributed by atoms with Gasteiger partial charge in [0, 0.05) is 41.0 Å². The smallest absolute Gasteiger partial charge is 0.410 e. The average molecular weight is 506 g/mol. The van der Waals surface area contributed by atoms with E-state index in [1.807, 2.05) is 45.2 Å². The van der Waals surface area contributed by atoms with E-state index in [4.69, 9.17) is 26.1 Å². The first-order valence-corrected chi connectivity index (χ1v) is 12.5. The lowest BCUT2D eigenvalue weighted by Crippen LogP contribution is -2.59. The van der Waals surface area contributed by atoms with Gasteiger partial charge in [-0.05, 0) is 57.0 Å². The Bertz CT molecular complexity index is 1510. The molecule has 0 aliphatic carbocycles. The maximum absolute atomic E-state index is 12.7. The topological polar surface area (TPSA) is 83.6 Å². The molecule has 0 radical (unpaired) electrons. The molecule has 36 heavy (non-hydrogen) atoms. The van der Waals surface area contributed by atoms with Gasteiger partial charge in [0.2, 0.25) is 0 Å². The molecule has 8 nitrogen and oxygen atoms in total. The summed E-state index contributed by atoms with van der Waals surface area (Å²) in [7, 11) is 0. The van der Waals surface area contributed by atoms with E-state index >= 15 is 0 Å². The number of halogens is 1. The number of hydrogen-bond donors (Lipinski definition) is 1. The van der Waals surface area contributed by atoms with Gasteiger partial charge in [-0.3, -0.25) is 10.1 Å². The van der Waals surface area contributed by atoms with Crippen LogP contribution >= 0.6 is 11.6 Å². The third-order valence-corrected chi connectivity index (χ3v) is 7.16. The number of benzene rings is 2. The van der Waals surface area contributed by atoms with Crippen molar-refractivity contribution in [2.75, 3.05) is 31.1 Å². The average Bonchev–Trinajstić information content (AvgIpc) is 3.31. The second kappa shape index (κ2) is 8.27. The van der Waals surface area contributed by atoms with Crippen LogP contribution in [0.3, 0.4) is 0 Å². The van der Waals surface area contributed by atoms with Crippen LogP contribution in [-0.2, 0) is 4.74 Å². The molecule has 2 aromatic carbocycles. The van der Waals surface area contributed by atoms with E-state index in [9.17, 15) is 4.79 Å². The standard InChI is InChI=1S/C27H28ClN5O3/c1-15-5-6-21-19(11-30-31-21)24(15)17-10-22-18(9-20(17)28)25-23(12-29-22)35-14-16-13-32(7-8-33(16)25)26(34)36-27(2,3)4/h5-6,9-12,16H,7-8,13-14H2,1-4H3,(H,30,31)/t16-/m0/s1. The van der Waals surface area contributed by atoms with Gasteiger partial charge in [0.1, 0.15) is 12.2 Å². The van der Waals surface area contributed by atoms with E-state index in [0.29, 0.717) is 31.3 Å². The summed E-state index contributed by atoms with van der Waals surface area (Å²) in [5, 5.41) is 9.86. The molecule has 1 saturated heterocycles. The zero-order valence-electron chi connectivity index (χ0n) is 20.8. The zero-order chi connectivity index (χ0) is 25.2. The number of hydrogen-bond acceptors (Lipinski definition) is 6. The lowest BCUT2D eigenvalue weighted by atomic mass is 9.95. The monoisotopic (exact) mass is 505 g/mol. The van der Waals surface area contributed by atoms with Crippen molar-refractivity contribution in [1.82, 2.24) is 20.1 Å². The summed E-state index contributed by atoms with van der Waals surface area (Å²) < 4.78 is 11.7. The Morgan fingerprint density at radius 1 is 1.19 bits per heavy atom. The molecule has 0 unspecified atom stereocenters. The van der Waals surface area contributed by atoms with Crippen molar-refractivity contribution in [2.45, 2.75) is 39.3 Å². The normalized spacial score (nSPS) is 17.6. The van der Waals surface area contributed by atoms with Crippen LogP contribution in [0.15, 0.2) is 36.7 Å². The quantitative estimate of drug-likeness (QED) is 0.365. The molecule has 2 aliphatic rings. The van der Waals surface area contributed by atoms with Gasteiger partial charge in [0.15, 0.2) is 5.75 Å². The number of piperazine rings is 1. The summed E-state index contributed by atoms with van der Waals surface area (Å²) in [5.74, 6) is 0.737. The van der Waals surface area contributed by atoms with Gasteiger partial charge in [0.25, 0.3) is 0 Å². The molecule has 1 fully saturated rings. The number of aromatic amines is 1. The largest absolute Gasteiger partial charge is 0.488 e. The summed E-state index contributed by atoms with van der Waals surface area (Å²) in [6.45, 7) is 9.98. The Balaban J connectivity index is 1.39. The summed E-state index contributed by atoms with van der Waals surface area (Å²) in [6.07, 6.45) is 3.34. The fraction of sp³-hybridized carbons (Fsp3) is 0.370. The summed E-state index contributed by atoms with van der Waals surface area (Å²) in [4.78, 5) is 21.5. The third kappa shape index (κ3) is 3.80. The second-order valence-corrected chi connectivity index (χ2v) is 10.9. The van der Waals surface area contributed by atoms with E-state index < -0.39 is 5.60 Å². The molecular formula is C27H28ClN5O3. The van der Waals surface area contributed by atoms with Gasteiger partial charge in [-0.2, -0.15) is 5.10 Å². The lowest BCUT2D eigenvalue weighted by molar-refractivity contribution is 0.0195. The van der Waals surface area contributed by atoms with Crippen LogP contribution in [0.25, 0.3) is 32.9 Å². The predicted octanol–water partition coefficient (Wildman–Crippen LogP) is 5.56. The van der Waals surface area contributed by atoms with Crippen LogP contribution in [0.4, 0.5) is 10.5 Å². The van der Waals surface area contributed by atoms with Crippen LogP contribution < -0.4 is 9.64 Å². The first-order chi connectivity index (χ1) is 17.2. The molecule has 4 aromatic rings. The first-order valence-electron chi connectivity index (χ1n) is 12.1. The maximum atomic E-state index is 12.7. The number of H-pyrrole nitrogens is 1. The van der Waals surface area contributed by atoms with Crippen LogP contribution in [0.1, 0.15) is 26.3 Å². The lowest BCUT2D eigenvalue weighted by Gasteiger charge is -2.45. The molecular weight excluding hydrogens is 478 g/mol. The van der Waals surface area contributed by atoms with Gasteiger partial charge in [-0.15, -0.1) is 0 Å². The van der Waals surface area contributed by atoms with Crippen molar-refractivity contribution in [1.29, 1.82) is 0 Å². The third-order valence-electron chi connectivity index (χ3n) is 6.85. The van der Waals surface area contributed by atoms with E-state index in [1.54, 1.807) is 11.1 Å². The molecule has 0 bridgehead atoms. The number of fused-ring (bicyclic) bond motifs is 6. The Morgan fingerprint density at radius 3 is 2.83 bits per heavy atom. The Morgan fingerprint density at radius 2 is 2.03 bits per heavy atom. The van der Waals surface area contributed by atoms with E-state index in [0.717, 1.165) is 49.9 Å². The highest BCUT2D eigenvalue weighted by molar-refractivity contribution is 6.35. The van der Waals surface area contributed by atoms with Gasteiger partial charge >= 0.3 is 6.09 Å². The van der Waals surface area contributed by atoms with E-state index in [2.05, 4.69) is 28.1 Å². The molecule has 1 N–H and O–H groups in total. The molecule has 4 heterocycles. The van der Waals surface area contributed by atoms with Crippen molar-refractivity contribution in [2.24, 2.45) is 0 Å². The minimum Gasteiger partial charge on any atom is -0.488 e. The number of aromatic nitrogens is 3. The number of pyridine rings is 1. The highest BCUT2D eigenvalue weighted by atomic mass is 35.5. The fourth-order valence-electron chi connectivity index (χ4n) is 5.23. The molecule has 2 aliphatic heterocycles. The predicted molar refractivity (Wildman–Crippen MR) is 141 cm³/mol. The Hall–Kier alpha value is -3.52. The number of anilines is 1. The van der Waals surface area contributed by atoms with Crippen molar-refractivity contribution < 1.29 is 14.3 Å². The number of aryl methyl sites for hydroxylation is 1. The zero-order valence-corrected chi connectivity index (χ0v) is 21.5. The summed E-state index contributed by atoms with van der Waals surface area (Å²) in [6, 6.07) is 8.15. The minimum absolute atomic E-state index is 0.0183. The van der Waals surface area contributed by atoms with Gasteiger partial charge < -0.3 is 19.3 Å². The minimum atomic E-state index is -0.528. The molecule has 1 atom stereocenters.